The number of likely N-dealkylation sites (N-methyl/N-ethyl adjacent to an activating group) is 1. The average Bonchev–Trinajstić information content (AvgIpc) is 2.13. The molecule has 0 fully saturated rings. The Hall–Kier alpha value is -0.540. The van der Waals surface area contributed by atoms with Gasteiger partial charge in [-0.05, 0) is 54.0 Å². The van der Waals surface area contributed by atoms with Crippen LogP contribution >= 0.6 is 15.9 Å². The molecule has 0 aliphatic carbocycles. The summed E-state index contributed by atoms with van der Waals surface area (Å²) in [4.78, 5) is 0. The van der Waals surface area contributed by atoms with Gasteiger partial charge < -0.3 is 10.4 Å². The summed E-state index contributed by atoms with van der Waals surface area (Å²) in [6.45, 7) is 2.81. The first-order valence-electron chi connectivity index (χ1n) is 4.28. The van der Waals surface area contributed by atoms with E-state index in [-0.39, 0.29) is 0 Å². The van der Waals surface area contributed by atoms with Crippen LogP contribution < -0.4 is 5.32 Å². The first kappa shape index (κ1) is 10.5. The monoisotopic (exact) mass is 243 g/mol. The Morgan fingerprint density at radius 3 is 2.77 bits per heavy atom. The predicted octanol–water partition coefficient (Wildman–Crippen LogP) is 2.23. The van der Waals surface area contributed by atoms with Gasteiger partial charge in [0.25, 0.3) is 0 Å². The van der Waals surface area contributed by atoms with Crippen LogP contribution in [0.2, 0.25) is 0 Å². The van der Waals surface area contributed by atoms with Gasteiger partial charge in [0, 0.05) is 0 Å². The van der Waals surface area contributed by atoms with E-state index in [4.69, 9.17) is 0 Å². The zero-order chi connectivity index (χ0) is 9.84. The topological polar surface area (TPSA) is 32.3 Å². The van der Waals surface area contributed by atoms with Gasteiger partial charge in [-0.2, -0.15) is 0 Å². The third-order valence-electron chi connectivity index (χ3n) is 2.04. The fraction of sp³-hybridized carbons (Fsp3) is 0.400. The molecule has 13 heavy (non-hydrogen) atoms. The van der Waals surface area contributed by atoms with Crippen molar-refractivity contribution in [2.75, 3.05) is 13.6 Å². The summed E-state index contributed by atoms with van der Waals surface area (Å²) in [5.41, 5.74) is 2.04. The lowest BCUT2D eigenvalue weighted by Gasteiger charge is -2.07. The van der Waals surface area contributed by atoms with Gasteiger partial charge in [0.1, 0.15) is 5.75 Å². The van der Waals surface area contributed by atoms with E-state index >= 15 is 0 Å². The number of phenolic OH excluding ortho intramolecular Hbond substituents is 1. The van der Waals surface area contributed by atoms with Crippen molar-refractivity contribution in [3.63, 3.8) is 0 Å². The van der Waals surface area contributed by atoms with Crippen molar-refractivity contribution in [1.82, 2.24) is 5.32 Å². The lowest BCUT2D eigenvalue weighted by atomic mass is 10.1. The Balaban J connectivity index is 2.90. The van der Waals surface area contributed by atoms with E-state index in [1.807, 2.05) is 26.1 Å². The van der Waals surface area contributed by atoms with Crippen molar-refractivity contribution >= 4 is 15.9 Å². The second kappa shape index (κ2) is 4.63. The van der Waals surface area contributed by atoms with Crippen LogP contribution in [0.1, 0.15) is 11.1 Å². The summed E-state index contributed by atoms with van der Waals surface area (Å²) in [6, 6.07) is 3.97. The molecule has 0 aromatic heterocycles. The minimum atomic E-state index is 0.355. The Bertz CT molecular complexity index is 299. The summed E-state index contributed by atoms with van der Waals surface area (Å²) < 4.78 is 0.822. The minimum Gasteiger partial charge on any atom is -0.506 e. The maximum absolute atomic E-state index is 9.62. The number of halogens is 1. The van der Waals surface area contributed by atoms with Crippen LogP contribution in [-0.2, 0) is 6.42 Å². The van der Waals surface area contributed by atoms with Gasteiger partial charge in [-0.25, -0.2) is 0 Å². The molecule has 0 aliphatic rings. The summed E-state index contributed by atoms with van der Waals surface area (Å²) >= 11 is 3.38. The smallest absolute Gasteiger partial charge is 0.132 e. The number of benzene rings is 1. The fourth-order valence-electron chi connectivity index (χ4n) is 1.16. The van der Waals surface area contributed by atoms with Crippen molar-refractivity contribution < 1.29 is 5.11 Å². The molecule has 0 bridgehead atoms. The molecule has 1 rings (SSSR count). The third kappa shape index (κ3) is 2.45. The minimum absolute atomic E-state index is 0.355. The Labute approximate surface area is 87.1 Å². The van der Waals surface area contributed by atoms with E-state index in [0.717, 1.165) is 28.6 Å². The number of aromatic hydroxyl groups is 1. The van der Waals surface area contributed by atoms with E-state index < -0.39 is 0 Å². The number of hydrogen-bond donors (Lipinski definition) is 2. The number of rotatable bonds is 3. The molecule has 0 saturated heterocycles. The van der Waals surface area contributed by atoms with Gasteiger partial charge in [-0.1, -0.05) is 12.1 Å². The molecule has 1 aromatic carbocycles. The highest BCUT2D eigenvalue weighted by atomic mass is 79.9. The molecule has 0 spiro atoms. The van der Waals surface area contributed by atoms with Gasteiger partial charge in [-0.15, -0.1) is 0 Å². The van der Waals surface area contributed by atoms with Crippen molar-refractivity contribution in [3.05, 3.63) is 27.7 Å². The van der Waals surface area contributed by atoms with E-state index in [1.165, 1.54) is 0 Å². The van der Waals surface area contributed by atoms with Crippen LogP contribution in [0.15, 0.2) is 16.6 Å². The molecule has 3 heteroatoms. The molecule has 1 aromatic rings. The van der Waals surface area contributed by atoms with Crippen molar-refractivity contribution in [1.29, 1.82) is 0 Å². The van der Waals surface area contributed by atoms with Crippen LogP contribution in [0, 0.1) is 6.92 Å². The Morgan fingerprint density at radius 1 is 1.46 bits per heavy atom. The van der Waals surface area contributed by atoms with Gasteiger partial charge in [-0.3, -0.25) is 0 Å². The lowest BCUT2D eigenvalue weighted by Crippen LogP contribution is -2.10. The molecule has 0 saturated carbocycles. The lowest BCUT2D eigenvalue weighted by molar-refractivity contribution is 0.466. The standard InChI is InChI=1S/C10H14BrNO/c1-7-3-4-8(5-6-12-2)9(11)10(7)13/h3-4,12-13H,5-6H2,1-2H3. The Kier molecular flexibility index (Phi) is 3.75. The van der Waals surface area contributed by atoms with Gasteiger partial charge in [0.15, 0.2) is 0 Å². The summed E-state index contributed by atoms with van der Waals surface area (Å²) in [7, 11) is 1.92. The van der Waals surface area contributed by atoms with E-state index in [0.29, 0.717) is 5.75 Å². The molecule has 2 N–H and O–H groups in total. The largest absolute Gasteiger partial charge is 0.506 e. The quantitative estimate of drug-likeness (QED) is 0.854. The number of nitrogens with one attached hydrogen (secondary N) is 1. The van der Waals surface area contributed by atoms with Crippen LogP contribution in [0.4, 0.5) is 0 Å². The Morgan fingerprint density at radius 2 is 2.15 bits per heavy atom. The molecule has 0 aliphatic heterocycles. The fourth-order valence-corrected chi connectivity index (χ4v) is 1.80. The maximum atomic E-state index is 9.62. The molecule has 2 nitrogen and oxygen atoms in total. The highest BCUT2D eigenvalue weighted by Crippen LogP contribution is 2.30. The maximum Gasteiger partial charge on any atom is 0.132 e. The molecule has 0 radical (unpaired) electrons. The second-order valence-electron chi connectivity index (χ2n) is 3.06. The van der Waals surface area contributed by atoms with Crippen LogP contribution in [0.3, 0.4) is 0 Å². The third-order valence-corrected chi connectivity index (χ3v) is 2.93. The highest BCUT2D eigenvalue weighted by molar-refractivity contribution is 9.10. The van der Waals surface area contributed by atoms with Crippen molar-refractivity contribution in [2.45, 2.75) is 13.3 Å². The SMILES string of the molecule is CNCCc1ccc(C)c(O)c1Br. The predicted molar refractivity (Wildman–Crippen MR) is 58.2 cm³/mol. The van der Waals surface area contributed by atoms with Crippen LogP contribution in [0.5, 0.6) is 5.75 Å². The second-order valence-corrected chi connectivity index (χ2v) is 3.85. The number of hydrogen-bond acceptors (Lipinski definition) is 2. The molecular formula is C10H14BrNO. The molecule has 0 unspecified atom stereocenters. The molecule has 0 atom stereocenters. The molecule has 72 valence electrons. The van der Waals surface area contributed by atoms with E-state index in [2.05, 4.69) is 21.2 Å². The normalized spacial score (nSPS) is 10.4. The number of phenols is 1. The number of aryl methyl sites for hydroxylation is 1. The molecular weight excluding hydrogens is 230 g/mol. The highest BCUT2D eigenvalue weighted by Gasteiger charge is 2.06. The zero-order valence-corrected chi connectivity index (χ0v) is 9.48. The van der Waals surface area contributed by atoms with Crippen LogP contribution in [0.25, 0.3) is 0 Å². The van der Waals surface area contributed by atoms with Crippen molar-refractivity contribution in [3.8, 4) is 5.75 Å². The first-order chi connectivity index (χ1) is 6.16. The molecule has 0 amide bonds. The van der Waals surface area contributed by atoms with E-state index in [9.17, 15) is 5.11 Å². The summed E-state index contributed by atoms with van der Waals surface area (Å²) in [5, 5.41) is 12.7. The van der Waals surface area contributed by atoms with Crippen molar-refractivity contribution in [2.24, 2.45) is 0 Å². The average molecular weight is 244 g/mol. The van der Waals surface area contributed by atoms with Crippen LogP contribution in [-0.4, -0.2) is 18.7 Å². The zero-order valence-electron chi connectivity index (χ0n) is 7.89. The van der Waals surface area contributed by atoms with E-state index in [1.54, 1.807) is 0 Å². The summed E-state index contributed by atoms with van der Waals surface area (Å²) in [5.74, 6) is 0.355. The van der Waals surface area contributed by atoms with Gasteiger partial charge in [0.05, 0.1) is 4.47 Å². The molecule has 0 heterocycles. The van der Waals surface area contributed by atoms with Gasteiger partial charge in [0.2, 0.25) is 0 Å². The summed E-state index contributed by atoms with van der Waals surface area (Å²) in [6.07, 6.45) is 0.922. The first-order valence-corrected chi connectivity index (χ1v) is 5.07. The van der Waals surface area contributed by atoms with Gasteiger partial charge >= 0.3 is 0 Å².